The molecule has 0 saturated heterocycles. The van der Waals surface area contributed by atoms with E-state index in [0.717, 1.165) is 0 Å². The first-order chi connectivity index (χ1) is 19.7. The van der Waals surface area contributed by atoms with E-state index in [1.54, 1.807) is 22.3 Å². The molecule has 0 nitrogen and oxygen atoms in total. The average molecular weight is 690 g/mol. The number of benzene rings is 4. The molecule has 217 valence electrons. The van der Waals surface area contributed by atoms with Gasteiger partial charge in [0.1, 0.15) is 0 Å². The number of allylic oxidation sites excluding steroid dienone is 2. The zero-order chi connectivity index (χ0) is 28.1. The molecule has 0 heterocycles. The van der Waals surface area contributed by atoms with Crippen LogP contribution in [0.25, 0.3) is 34.4 Å². The summed E-state index contributed by atoms with van der Waals surface area (Å²) >= 11 is -1.94. The first-order valence-electron chi connectivity index (χ1n) is 15.3. The zero-order valence-corrected chi connectivity index (χ0v) is 31.0. The summed E-state index contributed by atoms with van der Waals surface area (Å²) in [6.07, 6.45) is 8.78. The van der Waals surface area contributed by atoms with Crippen LogP contribution >= 0.6 is 0 Å². The van der Waals surface area contributed by atoms with Crippen LogP contribution in [-0.2, 0) is 20.9 Å². The van der Waals surface area contributed by atoms with E-state index in [9.17, 15) is 0 Å². The van der Waals surface area contributed by atoms with Gasteiger partial charge in [0.05, 0.1) is 0 Å². The summed E-state index contributed by atoms with van der Waals surface area (Å²) in [5.74, 6) is 0. The Balaban J connectivity index is 0.000000930. The molecular weight excluding hydrogens is 647 g/mol. The van der Waals surface area contributed by atoms with Crippen LogP contribution in [0, 0.1) is 0 Å². The molecule has 0 aliphatic heterocycles. The molecule has 0 spiro atoms. The van der Waals surface area contributed by atoms with E-state index >= 15 is 0 Å². The van der Waals surface area contributed by atoms with Gasteiger partial charge in [0.15, 0.2) is 0 Å². The van der Waals surface area contributed by atoms with Crippen molar-refractivity contribution in [3.05, 3.63) is 130 Å². The minimum atomic E-state index is -1.94. The molecule has 2 aliphatic rings. The van der Waals surface area contributed by atoms with Crippen LogP contribution in [0.1, 0.15) is 76.5 Å². The standard InChI is InChI=1S/2C17H15.C3H8.CH5Si.2ClH.Zr/c2*1-2-13-11-15-9-6-10-16(17(15)12-13)14-7-4-3-5-8-14;1-3-2;1-2;;;/h2*3-12H,2H2,1H3;3H2,1-2H3;2H2,1H3;2*1H;/q;;;;;;+2/p-2. The second kappa shape index (κ2) is 16.2. The van der Waals surface area contributed by atoms with Gasteiger partial charge in [-0.2, -0.15) is 0 Å². The third kappa shape index (κ3) is 6.73. The third-order valence-electron chi connectivity index (χ3n) is 8.44. The number of hydrogen-bond donors (Lipinski definition) is 0. The summed E-state index contributed by atoms with van der Waals surface area (Å²) in [4.78, 5) is 0. The summed E-state index contributed by atoms with van der Waals surface area (Å²) in [5.41, 5.74) is 15.2. The van der Waals surface area contributed by atoms with E-state index in [0.29, 0.717) is 7.25 Å². The van der Waals surface area contributed by atoms with Gasteiger partial charge in [-0.1, -0.05) is 20.3 Å². The van der Waals surface area contributed by atoms with E-state index in [-0.39, 0.29) is 31.5 Å². The second-order valence-corrected chi connectivity index (χ2v) is 27.4. The first kappa shape index (κ1) is 34.5. The molecule has 0 bridgehead atoms. The number of halogens is 2. The summed E-state index contributed by atoms with van der Waals surface area (Å²) in [6, 6.07) is 36.3. The van der Waals surface area contributed by atoms with E-state index in [1.165, 1.54) is 52.6 Å². The molecule has 2 unspecified atom stereocenters. The van der Waals surface area contributed by atoms with E-state index in [2.05, 4.69) is 143 Å². The largest absolute Gasteiger partial charge is 1.00 e. The van der Waals surface area contributed by atoms with Gasteiger partial charge in [-0.05, 0) is 0 Å². The van der Waals surface area contributed by atoms with Crippen LogP contribution in [0.4, 0.5) is 0 Å². The Labute approximate surface area is 276 Å². The molecular formula is C38H43Cl2SiZr. The number of hydrogen-bond acceptors (Lipinski definition) is 0. The minimum Gasteiger partial charge on any atom is -1.00 e. The number of fused-ring (bicyclic) bond motifs is 2. The van der Waals surface area contributed by atoms with Crippen molar-refractivity contribution in [3.8, 4) is 22.3 Å². The van der Waals surface area contributed by atoms with Crippen LogP contribution in [0.3, 0.4) is 0 Å². The maximum absolute atomic E-state index is 2.63. The van der Waals surface area contributed by atoms with Gasteiger partial charge in [-0.3, -0.25) is 0 Å². The Hall–Kier alpha value is -1.96. The molecule has 0 N–H and O–H groups in total. The van der Waals surface area contributed by atoms with Gasteiger partial charge < -0.3 is 24.8 Å². The van der Waals surface area contributed by atoms with E-state index in [4.69, 9.17) is 0 Å². The molecule has 2 atom stereocenters. The monoisotopic (exact) mass is 687 g/mol. The smallest absolute Gasteiger partial charge is 1.00 e. The van der Waals surface area contributed by atoms with Crippen molar-refractivity contribution >= 4 is 18.8 Å². The molecule has 4 aromatic carbocycles. The summed E-state index contributed by atoms with van der Waals surface area (Å²) in [6.45, 7) is 11.5. The van der Waals surface area contributed by atoms with Crippen molar-refractivity contribution in [2.75, 3.05) is 0 Å². The van der Waals surface area contributed by atoms with Crippen LogP contribution in [0.2, 0.25) is 6.55 Å². The van der Waals surface area contributed by atoms with Crippen molar-refractivity contribution in [1.82, 2.24) is 0 Å². The summed E-state index contributed by atoms with van der Waals surface area (Å²) in [5, 5.41) is 0. The fraction of sp³-hybridized carbons (Fsp3) is 0.263. The molecule has 0 radical (unpaired) electrons. The summed E-state index contributed by atoms with van der Waals surface area (Å²) < 4.78 is 1.43. The van der Waals surface area contributed by atoms with Crippen LogP contribution in [0.5, 0.6) is 0 Å². The van der Waals surface area contributed by atoms with E-state index in [1.807, 2.05) is 0 Å². The van der Waals surface area contributed by atoms with Gasteiger partial charge >= 0.3 is 233 Å². The van der Waals surface area contributed by atoms with Crippen molar-refractivity contribution < 1.29 is 45.7 Å². The predicted molar refractivity (Wildman–Crippen MR) is 176 cm³/mol. The minimum absolute atomic E-state index is 0. The fourth-order valence-electron chi connectivity index (χ4n) is 6.73. The van der Waals surface area contributed by atoms with Gasteiger partial charge in [0, 0.05) is 0 Å². The van der Waals surface area contributed by atoms with Gasteiger partial charge in [-0.15, -0.1) is 0 Å². The summed E-state index contributed by atoms with van der Waals surface area (Å²) in [7, 11) is 0. The van der Waals surface area contributed by atoms with Crippen LogP contribution < -0.4 is 24.8 Å². The molecule has 0 amide bonds. The van der Waals surface area contributed by atoms with Crippen molar-refractivity contribution in [2.24, 2.45) is 0 Å². The Morgan fingerprint density at radius 3 is 1.26 bits per heavy atom. The Kier molecular flexibility index (Phi) is 13.3. The van der Waals surface area contributed by atoms with Gasteiger partial charge in [0.25, 0.3) is 0 Å². The van der Waals surface area contributed by atoms with Crippen molar-refractivity contribution in [1.29, 1.82) is 0 Å². The van der Waals surface area contributed by atoms with Gasteiger partial charge in [-0.25, -0.2) is 0 Å². The third-order valence-corrected chi connectivity index (χ3v) is 27.1. The zero-order valence-electron chi connectivity index (χ0n) is 25.6. The van der Waals surface area contributed by atoms with Gasteiger partial charge in [0.2, 0.25) is 0 Å². The maximum atomic E-state index is 2.63. The van der Waals surface area contributed by atoms with Crippen molar-refractivity contribution in [2.45, 2.75) is 60.8 Å². The second-order valence-electron chi connectivity index (χ2n) is 11.0. The maximum Gasteiger partial charge on any atom is -1.00 e. The van der Waals surface area contributed by atoms with Crippen LogP contribution in [-0.4, -0.2) is 6.65 Å². The molecule has 42 heavy (non-hydrogen) atoms. The molecule has 0 fully saturated rings. The van der Waals surface area contributed by atoms with Crippen LogP contribution in [0.15, 0.2) is 108 Å². The topological polar surface area (TPSA) is 0 Å². The first-order valence-corrected chi connectivity index (χ1v) is 25.5. The SMILES string of the molecule is CCC.CCC1=Cc2c(-c3ccccc3)cccc2[CH]1[Zr+2]([SiH2]C)[CH]1C(CC)=Cc2c(-c3ccccc3)cccc21.[Cl-].[Cl-]. The molecule has 6 rings (SSSR count). The molecule has 4 heteroatoms. The molecule has 0 saturated carbocycles. The Bertz CT molecular complexity index is 1400. The fourth-order valence-corrected chi connectivity index (χ4v) is 27.0. The molecule has 0 aromatic heterocycles. The Morgan fingerprint density at radius 1 is 0.548 bits per heavy atom. The molecule has 4 aromatic rings. The number of rotatable bonds is 7. The quantitative estimate of drug-likeness (QED) is 0.249. The van der Waals surface area contributed by atoms with E-state index < -0.39 is 20.9 Å². The normalized spacial score (nSPS) is 16.3. The Morgan fingerprint density at radius 2 is 0.929 bits per heavy atom. The average Bonchev–Trinajstić information content (AvgIpc) is 3.58. The molecule has 2 aliphatic carbocycles. The van der Waals surface area contributed by atoms with Crippen molar-refractivity contribution in [3.63, 3.8) is 0 Å². The predicted octanol–water partition coefficient (Wildman–Crippen LogP) is 4.59.